The van der Waals surface area contributed by atoms with E-state index in [0.29, 0.717) is 11.5 Å². The van der Waals surface area contributed by atoms with Crippen LogP contribution in [0.25, 0.3) is 0 Å². The van der Waals surface area contributed by atoms with E-state index in [4.69, 9.17) is 10.5 Å². The highest BCUT2D eigenvalue weighted by Gasteiger charge is 2.33. The van der Waals surface area contributed by atoms with E-state index in [1.807, 2.05) is 0 Å². The number of fused-ring (bicyclic) bond motifs is 2. The lowest BCUT2D eigenvalue weighted by Gasteiger charge is -2.29. The van der Waals surface area contributed by atoms with E-state index in [0.717, 1.165) is 25.7 Å². The highest BCUT2D eigenvalue weighted by Crippen LogP contribution is 2.33. The number of carbonyl (C=O) groups excluding carboxylic acids is 4. The second-order valence-electron chi connectivity index (χ2n) is 8.17. The van der Waals surface area contributed by atoms with Crippen LogP contribution in [0.5, 0.6) is 0 Å². The Bertz CT molecular complexity index is 1090. The molecule has 0 aromatic heterocycles. The standard InChI is InChI=1S/C24H24N2O5/c1-13-6-2-5-9-18(13)26-19(27)12-31-24(30)17-11-10-16-20(21(17)25)23(29)15-8-4-3-7-14(15)22(16)28/h3-4,7-8,10-11,13,18H,2,5-6,9,12,25H2,1H3,(H,26,27). The zero-order valence-corrected chi connectivity index (χ0v) is 17.3. The van der Waals surface area contributed by atoms with Crippen molar-refractivity contribution in [1.82, 2.24) is 5.32 Å². The Labute approximate surface area is 180 Å². The first-order valence-electron chi connectivity index (χ1n) is 10.5. The quantitative estimate of drug-likeness (QED) is 0.495. The summed E-state index contributed by atoms with van der Waals surface area (Å²) in [5.74, 6) is -1.54. The number of hydrogen-bond donors (Lipinski definition) is 2. The molecule has 2 atom stereocenters. The van der Waals surface area contributed by atoms with Crippen molar-refractivity contribution < 1.29 is 23.9 Å². The first-order valence-corrected chi connectivity index (χ1v) is 10.5. The average molecular weight is 420 g/mol. The third-order valence-electron chi connectivity index (χ3n) is 6.15. The minimum Gasteiger partial charge on any atom is -0.452 e. The number of nitrogens with one attached hydrogen (secondary N) is 1. The van der Waals surface area contributed by atoms with Crippen LogP contribution in [0.4, 0.5) is 5.69 Å². The van der Waals surface area contributed by atoms with Crippen LogP contribution in [-0.2, 0) is 9.53 Å². The molecule has 1 saturated carbocycles. The molecule has 3 N–H and O–H groups in total. The van der Waals surface area contributed by atoms with Crippen LogP contribution < -0.4 is 11.1 Å². The minimum atomic E-state index is -0.814. The molecule has 1 fully saturated rings. The van der Waals surface area contributed by atoms with Gasteiger partial charge in [0, 0.05) is 22.7 Å². The van der Waals surface area contributed by atoms with E-state index >= 15 is 0 Å². The lowest BCUT2D eigenvalue weighted by Crippen LogP contribution is -2.42. The van der Waals surface area contributed by atoms with Gasteiger partial charge in [-0.15, -0.1) is 0 Å². The molecule has 4 rings (SSSR count). The van der Waals surface area contributed by atoms with Crippen molar-refractivity contribution in [1.29, 1.82) is 0 Å². The molecule has 0 bridgehead atoms. The van der Waals surface area contributed by atoms with Crippen molar-refractivity contribution in [3.05, 3.63) is 64.2 Å². The fraction of sp³-hybridized carbons (Fsp3) is 0.333. The van der Waals surface area contributed by atoms with Crippen LogP contribution in [0.2, 0.25) is 0 Å². The number of ketones is 2. The molecule has 0 heterocycles. The summed E-state index contributed by atoms with van der Waals surface area (Å²) in [4.78, 5) is 50.5. The third kappa shape index (κ3) is 3.83. The number of ether oxygens (including phenoxy) is 1. The number of anilines is 1. The second-order valence-corrected chi connectivity index (χ2v) is 8.17. The van der Waals surface area contributed by atoms with Gasteiger partial charge < -0.3 is 15.8 Å². The molecular formula is C24H24N2O5. The predicted octanol–water partition coefficient (Wildman–Crippen LogP) is 2.90. The molecule has 7 heteroatoms. The third-order valence-corrected chi connectivity index (χ3v) is 6.15. The summed E-state index contributed by atoms with van der Waals surface area (Å²) in [6, 6.07) is 9.33. The summed E-state index contributed by atoms with van der Waals surface area (Å²) in [5, 5.41) is 2.92. The van der Waals surface area contributed by atoms with Crippen molar-refractivity contribution in [3.8, 4) is 0 Å². The molecule has 2 unspecified atom stereocenters. The normalized spacial score (nSPS) is 19.9. The molecule has 0 aliphatic heterocycles. The SMILES string of the molecule is CC1CCCCC1NC(=O)COC(=O)c1ccc2c(c1N)C(=O)c1ccccc1C2=O. The van der Waals surface area contributed by atoms with Crippen molar-refractivity contribution in [3.63, 3.8) is 0 Å². The molecular weight excluding hydrogens is 396 g/mol. The number of nitrogen functional groups attached to an aromatic ring is 1. The molecule has 2 aliphatic rings. The van der Waals surface area contributed by atoms with Gasteiger partial charge in [0.05, 0.1) is 16.8 Å². The molecule has 7 nitrogen and oxygen atoms in total. The van der Waals surface area contributed by atoms with E-state index in [1.54, 1.807) is 24.3 Å². The van der Waals surface area contributed by atoms with Crippen LogP contribution in [0.1, 0.15) is 74.8 Å². The number of amides is 1. The van der Waals surface area contributed by atoms with Gasteiger partial charge in [-0.25, -0.2) is 4.79 Å². The van der Waals surface area contributed by atoms with Crippen LogP contribution in [0.3, 0.4) is 0 Å². The number of nitrogens with two attached hydrogens (primary N) is 1. The van der Waals surface area contributed by atoms with Gasteiger partial charge in [0.2, 0.25) is 0 Å². The highest BCUT2D eigenvalue weighted by atomic mass is 16.5. The second kappa shape index (κ2) is 8.34. The molecule has 1 amide bonds. The molecule has 0 spiro atoms. The number of benzene rings is 2. The number of hydrogen-bond acceptors (Lipinski definition) is 6. The fourth-order valence-corrected chi connectivity index (χ4v) is 4.38. The molecule has 160 valence electrons. The monoisotopic (exact) mass is 420 g/mol. The van der Waals surface area contributed by atoms with Crippen LogP contribution >= 0.6 is 0 Å². The number of rotatable bonds is 4. The van der Waals surface area contributed by atoms with Gasteiger partial charge in [0.15, 0.2) is 18.2 Å². The predicted molar refractivity (Wildman–Crippen MR) is 114 cm³/mol. The van der Waals surface area contributed by atoms with Crippen molar-refractivity contribution in [2.24, 2.45) is 5.92 Å². The van der Waals surface area contributed by atoms with Crippen molar-refractivity contribution in [2.45, 2.75) is 38.6 Å². The molecule has 2 aromatic rings. The van der Waals surface area contributed by atoms with Crippen LogP contribution in [0, 0.1) is 5.92 Å². The van der Waals surface area contributed by atoms with Crippen LogP contribution in [0.15, 0.2) is 36.4 Å². The van der Waals surface area contributed by atoms with Crippen molar-refractivity contribution >= 4 is 29.1 Å². The molecule has 2 aromatic carbocycles. The van der Waals surface area contributed by atoms with Gasteiger partial charge in [0.25, 0.3) is 5.91 Å². The largest absolute Gasteiger partial charge is 0.452 e. The van der Waals surface area contributed by atoms with E-state index in [-0.39, 0.29) is 45.7 Å². The van der Waals surface area contributed by atoms with E-state index in [1.165, 1.54) is 12.1 Å². The van der Waals surface area contributed by atoms with E-state index in [9.17, 15) is 19.2 Å². The first-order chi connectivity index (χ1) is 14.9. The zero-order valence-electron chi connectivity index (χ0n) is 17.3. The zero-order chi connectivity index (χ0) is 22.1. The summed E-state index contributed by atoms with van der Waals surface area (Å²) >= 11 is 0. The Morgan fingerprint density at radius 2 is 1.68 bits per heavy atom. The van der Waals surface area contributed by atoms with E-state index < -0.39 is 18.4 Å². The Kier molecular flexibility index (Phi) is 5.59. The summed E-state index contributed by atoms with van der Waals surface area (Å²) in [6.45, 7) is 1.66. The molecule has 0 radical (unpaired) electrons. The van der Waals surface area contributed by atoms with E-state index in [2.05, 4.69) is 12.2 Å². The van der Waals surface area contributed by atoms with Gasteiger partial charge in [-0.05, 0) is 30.9 Å². The minimum absolute atomic E-state index is 0.00127. The summed E-state index contributed by atoms with van der Waals surface area (Å²) in [5.41, 5.74) is 6.67. The molecule has 2 aliphatic carbocycles. The highest BCUT2D eigenvalue weighted by molar-refractivity contribution is 6.30. The van der Waals surface area contributed by atoms with Crippen molar-refractivity contribution in [2.75, 3.05) is 12.3 Å². The smallest absolute Gasteiger partial charge is 0.340 e. The molecule has 31 heavy (non-hydrogen) atoms. The first kappa shape index (κ1) is 20.8. The number of esters is 1. The maximum Gasteiger partial charge on any atom is 0.340 e. The lowest BCUT2D eigenvalue weighted by atomic mass is 9.82. The van der Waals surface area contributed by atoms with Gasteiger partial charge in [-0.3, -0.25) is 14.4 Å². The fourth-order valence-electron chi connectivity index (χ4n) is 4.38. The maximum absolute atomic E-state index is 12.9. The maximum atomic E-state index is 12.9. The van der Waals surface area contributed by atoms with Gasteiger partial charge in [0.1, 0.15) is 0 Å². The Morgan fingerprint density at radius 1 is 1.00 bits per heavy atom. The summed E-state index contributed by atoms with van der Waals surface area (Å²) in [7, 11) is 0. The van der Waals surface area contributed by atoms with Gasteiger partial charge in [-0.2, -0.15) is 0 Å². The lowest BCUT2D eigenvalue weighted by molar-refractivity contribution is -0.125. The van der Waals surface area contributed by atoms with Crippen LogP contribution in [-0.4, -0.2) is 36.1 Å². The Hall–Kier alpha value is -3.48. The Morgan fingerprint density at radius 3 is 2.39 bits per heavy atom. The number of carbonyl (C=O) groups is 4. The van der Waals surface area contributed by atoms with Gasteiger partial charge in [-0.1, -0.05) is 44.0 Å². The van der Waals surface area contributed by atoms with Gasteiger partial charge >= 0.3 is 5.97 Å². The topological polar surface area (TPSA) is 116 Å². The Balaban J connectivity index is 1.49. The summed E-state index contributed by atoms with van der Waals surface area (Å²) < 4.78 is 5.14. The average Bonchev–Trinajstić information content (AvgIpc) is 2.77. The molecule has 0 saturated heterocycles. The summed E-state index contributed by atoms with van der Waals surface area (Å²) in [6.07, 6.45) is 4.20.